The predicted molar refractivity (Wildman–Crippen MR) is 89.0 cm³/mol. The van der Waals surface area contributed by atoms with Gasteiger partial charge in [-0.2, -0.15) is 0 Å². The number of nitrogens with zero attached hydrogens (tertiary/aromatic N) is 4. The maximum atomic E-state index is 13.1. The molecule has 2 aliphatic heterocycles. The van der Waals surface area contributed by atoms with Crippen LogP contribution in [0, 0.1) is 5.92 Å². The summed E-state index contributed by atoms with van der Waals surface area (Å²) >= 11 is 0. The summed E-state index contributed by atoms with van der Waals surface area (Å²) in [5, 5.41) is 3.29. The maximum absolute atomic E-state index is 13.1. The molecular formula is C17H25N5O2. The normalized spacial score (nSPS) is 20.5. The molecule has 1 aromatic rings. The summed E-state index contributed by atoms with van der Waals surface area (Å²) in [7, 11) is 0. The predicted octanol–water partition coefficient (Wildman–Crippen LogP) is 1.41. The van der Waals surface area contributed by atoms with E-state index in [0.29, 0.717) is 31.1 Å². The van der Waals surface area contributed by atoms with E-state index in [9.17, 15) is 9.59 Å². The number of amides is 3. The second-order valence-corrected chi connectivity index (χ2v) is 6.95. The quantitative estimate of drug-likeness (QED) is 0.825. The lowest BCUT2D eigenvalue weighted by atomic mass is 9.86. The van der Waals surface area contributed by atoms with Crippen LogP contribution in [-0.4, -0.2) is 56.9 Å². The highest BCUT2D eigenvalue weighted by molar-refractivity contribution is 6.07. The van der Waals surface area contributed by atoms with Gasteiger partial charge < -0.3 is 10.2 Å². The van der Waals surface area contributed by atoms with Crippen LogP contribution >= 0.6 is 0 Å². The van der Waals surface area contributed by atoms with Crippen molar-refractivity contribution in [1.82, 2.24) is 25.1 Å². The number of rotatable bonds is 5. The smallest absolute Gasteiger partial charge is 0.317 e. The van der Waals surface area contributed by atoms with Crippen molar-refractivity contribution < 1.29 is 9.59 Å². The fraction of sp³-hybridized carbons (Fsp3) is 0.647. The highest BCUT2D eigenvalue weighted by Gasteiger charge is 2.57. The number of nitrogens with one attached hydrogen (secondary N) is 1. The minimum absolute atomic E-state index is 0.0924. The van der Waals surface area contributed by atoms with Crippen molar-refractivity contribution in [2.75, 3.05) is 19.6 Å². The Bertz CT molecular complexity index is 598. The van der Waals surface area contributed by atoms with Crippen molar-refractivity contribution in [2.45, 2.75) is 45.2 Å². The zero-order chi connectivity index (χ0) is 17.2. The molecule has 1 N–H and O–H groups in total. The summed E-state index contributed by atoms with van der Waals surface area (Å²) in [4.78, 5) is 37.5. The van der Waals surface area contributed by atoms with Gasteiger partial charge in [0.05, 0.1) is 6.54 Å². The van der Waals surface area contributed by atoms with Crippen LogP contribution < -0.4 is 5.32 Å². The first-order valence-electron chi connectivity index (χ1n) is 8.65. The van der Waals surface area contributed by atoms with Gasteiger partial charge in [0.1, 0.15) is 11.4 Å². The van der Waals surface area contributed by atoms with Crippen LogP contribution in [0.5, 0.6) is 0 Å². The van der Waals surface area contributed by atoms with Crippen molar-refractivity contribution >= 4 is 11.9 Å². The van der Waals surface area contributed by atoms with Crippen LogP contribution in [0.1, 0.15) is 38.9 Å². The first-order valence-corrected chi connectivity index (χ1v) is 8.65. The molecule has 0 aromatic carbocycles. The van der Waals surface area contributed by atoms with Gasteiger partial charge in [-0.25, -0.2) is 14.8 Å². The number of aromatic nitrogens is 2. The number of piperidine rings is 1. The average Bonchev–Trinajstić information content (AvgIpc) is 2.76. The van der Waals surface area contributed by atoms with Crippen LogP contribution in [0.15, 0.2) is 18.5 Å². The van der Waals surface area contributed by atoms with Crippen molar-refractivity contribution in [3.8, 4) is 0 Å². The average molecular weight is 331 g/mol. The lowest BCUT2D eigenvalue weighted by Gasteiger charge is -2.38. The fourth-order valence-electron chi connectivity index (χ4n) is 3.50. The third-order valence-electron chi connectivity index (χ3n) is 4.90. The zero-order valence-electron chi connectivity index (χ0n) is 14.4. The lowest BCUT2D eigenvalue weighted by molar-refractivity contribution is -0.135. The summed E-state index contributed by atoms with van der Waals surface area (Å²) in [6, 6.07) is 1.52. The Hall–Kier alpha value is -2.02. The molecule has 2 fully saturated rings. The zero-order valence-corrected chi connectivity index (χ0v) is 14.4. The Morgan fingerprint density at radius 1 is 1.21 bits per heavy atom. The summed E-state index contributed by atoms with van der Waals surface area (Å²) < 4.78 is 0. The minimum Gasteiger partial charge on any atom is -0.317 e. The number of urea groups is 1. The van der Waals surface area contributed by atoms with Crippen LogP contribution in [0.25, 0.3) is 0 Å². The Kier molecular flexibility index (Phi) is 4.80. The van der Waals surface area contributed by atoms with Gasteiger partial charge in [0, 0.05) is 18.9 Å². The van der Waals surface area contributed by atoms with Crippen LogP contribution in [0.2, 0.25) is 0 Å². The Morgan fingerprint density at radius 3 is 2.50 bits per heavy atom. The Labute approximate surface area is 142 Å². The van der Waals surface area contributed by atoms with Gasteiger partial charge in [-0.15, -0.1) is 0 Å². The van der Waals surface area contributed by atoms with Crippen molar-refractivity contribution in [3.05, 3.63) is 24.3 Å². The lowest BCUT2D eigenvalue weighted by Crippen LogP contribution is -2.56. The summed E-state index contributed by atoms with van der Waals surface area (Å²) in [5.41, 5.74) is -0.688. The van der Waals surface area contributed by atoms with Crippen LogP contribution in [-0.2, 0) is 11.3 Å². The maximum Gasteiger partial charge on any atom is 0.328 e. The topological polar surface area (TPSA) is 78.4 Å². The molecule has 0 unspecified atom stereocenters. The second-order valence-electron chi connectivity index (χ2n) is 6.95. The van der Waals surface area contributed by atoms with Gasteiger partial charge in [0.15, 0.2) is 0 Å². The third-order valence-corrected chi connectivity index (χ3v) is 4.90. The third kappa shape index (κ3) is 3.00. The number of hydrogen-bond donors (Lipinski definition) is 1. The van der Waals surface area contributed by atoms with Crippen LogP contribution in [0.3, 0.4) is 0 Å². The Morgan fingerprint density at radius 2 is 1.88 bits per heavy atom. The summed E-state index contributed by atoms with van der Waals surface area (Å²) in [6.45, 7) is 6.54. The van der Waals surface area contributed by atoms with E-state index in [1.165, 1.54) is 4.90 Å². The highest BCUT2D eigenvalue weighted by Crippen LogP contribution is 2.36. The van der Waals surface area contributed by atoms with Gasteiger partial charge in [0.2, 0.25) is 0 Å². The molecule has 7 nitrogen and oxygen atoms in total. The van der Waals surface area contributed by atoms with E-state index in [-0.39, 0.29) is 18.5 Å². The minimum atomic E-state index is -0.688. The summed E-state index contributed by atoms with van der Waals surface area (Å²) in [6.07, 6.45) is 5.49. The monoisotopic (exact) mass is 331 g/mol. The SMILES string of the molecule is CC(C)CCN1C(=O)N(Cc2ncccn2)C(=O)C12CCNCC2. The molecular weight excluding hydrogens is 306 g/mol. The molecule has 3 amide bonds. The Balaban J connectivity index is 1.86. The van der Waals surface area contributed by atoms with E-state index < -0.39 is 5.54 Å². The van der Waals surface area contributed by atoms with Crippen molar-refractivity contribution in [2.24, 2.45) is 5.92 Å². The molecule has 0 saturated carbocycles. The molecule has 0 aliphatic carbocycles. The molecule has 3 heterocycles. The second kappa shape index (κ2) is 6.84. The molecule has 24 heavy (non-hydrogen) atoms. The first kappa shape index (κ1) is 16.8. The van der Waals surface area contributed by atoms with E-state index in [4.69, 9.17) is 0 Å². The molecule has 0 bridgehead atoms. The van der Waals surface area contributed by atoms with Gasteiger partial charge >= 0.3 is 6.03 Å². The number of hydrogen-bond acceptors (Lipinski definition) is 5. The molecule has 130 valence electrons. The van der Waals surface area contributed by atoms with E-state index in [1.54, 1.807) is 23.4 Å². The fourth-order valence-corrected chi connectivity index (χ4v) is 3.50. The summed E-state index contributed by atoms with van der Waals surface area (Å²) in [5.74, 6) is 0.886. The van der Waals surface area contributed by atoms with E-state index in [1.807, 2.05) is 0 Å². The molecule has 1 aromatic heterocycles. The van der Waals surface area contributed by atoms with Gasteiger partial charge in [-0.1, -0.05) is 13.8 Å². The van der Waals surface area contributed by atoms with Gasteiger partial charge in [0.25, 0.3) is 5.91 Å². The molecule has 7 heteroatoms. The molecule has 0 radical (unpaired) electrons. The largest absolute Gasteiger partial charge is 0.328 e. The molecule has 3 rings (SSSR count). The van der Waals surface area contributed by atoms with Gasteiger partial charge in [-0.3, -0.25) is 9.69 Å². The highest BCUT2D eigenvalue weighted by atomic mass is 16.2. The molecule has 2 aliphatic rings. The van der Waals surface area contributed by atoms with E-state index >= 15 is 0 Å². The number of carbonyl (C=O) groups excluding carboxylic acids is 2. The van der Waals surface area contributed by atoms with E-state index in [0.717, 1.165) is 19.5 Å². The number of imide groups is 1. The number of carbonyl (C=O) groups is 2. The standard InChI is InChI=1S/C17H25N5O2/c1-13(2)4-11-22-16(24)21(12-14-19-7-3-8-20-14)15(23)17(22)5-9-18-10-6-17/h3,7-8,13,18H,4-6,9-12H2,1-2H3. The van der Waals surface area contributed by atoms with Crippen molar-refractivity contribution in [3.63, 3.8) is 0 Å². The van der Waals surface area contributed by atoms with E-state index in [2.05, 4.69) is 29.1 Å². The first-order chi connectivity index (χ1) is 11.5. The molecule has 2 saturated heterocycles. The van der Waals surface area contributed by atoms with Gasteiger partial charge in [-0.05, 0) is 44.3 Å². The van der Waals surface area contributed by atoms with Crippen molar-refractivity contribution in [1.29, 1.82) is 0 Å². The molecule has 1 spiro atoms. The molecule has 0 atom stereocenters. The van der Waals surface area contributed by atoms with Crippen LogP contribution in [0.4, 0.5) is 4.79 Å².